The molecule has 6 heteroatoms. The molecule has 2 rings (SSSR count). The van der Waals surface area contributed by atoms with Crippen molar-refractivity contribution >= 4 is 17.7 Å². The fourth-order valence-corrected chi connectivity index (χ4v) is 2.45. The molecule has 0 aliphatic heterocycles. The van der Waals surface area contributed by atoms with E-state index in [0.717, 1.165) is 4.90 Å². The van der Waals surface area contributed by atoms with E-state index < -0.39 is 0 Å². The average Bonchev–Trinajstić information content (AvgIpc) is 2.77. The molecule has 3 N–H and O–H groups in total. The van der Waals surface area contributed by atoms with Gasteiger partial charge in [-0.3, -0.25) is 10.2 Å². The van der Waals surface area contributed by atoms with Gasteiger partial charge in [-0.1, -0.05) is 6.07 Å². The Hall–Kier alpha value is -1.79. The molecule has 4 nitrogen and oxygen atoms in total. The molecular weight excluding hydrogens is 267 g/mol. The van der Waals surface area contributed by atoms with Gasteiger partial charge < -0.3 is 4.42 Å². The van der Waals surface area contributed by atoms with Gasteiger partial charge in [-0.15, -0.1) is 11.8 Å². The Labute approximate surface area is 114 Å². The molecule has 1 aromatic heterocycles. The molecule has 0 bridgehead atoms. The van der Waals surface area contributed by atoms with E-state index in [0.29, 0.717) is 22.8 Å². The summed E-state index contributed by atoms with van der Waals surface area (Å²) in [6.07, 6.45) is 0. The molecule has 100 valence electrons. The predicted octanol–water partition coefficient (Wildman–Crippen LogP) is 2.62. The van der Waals surface area contributed by atoms with E-state index in [1.165, 1.54) is 23.9 Å². The number of carbonyl (C=O) groups is 1. The lowest BCUT2D eigenvalue weighted by Gasteiger charge is -1.99. The normalized spacial score (nSPS) is 10.5. The molecule has 0 radical (unpaired) electrons. The quantitative estimate of drug-likeness (QED) is 0.391. The summed E-state index contributed by atoms with van der Waals surface area (Å²) in [4.78, 5) is 12.2. The maximum atomic E-state index is 13.0. The number of hydrazine groups is 1. The Balaban J connectivity index is 2.06. The number of nitrogens with one attached hydrogen (secondary N) is 1. The lowest BCUT2D eigenvalue weighted by molar-refractivity contribution is 0.0952. The van der Waals surface area contributed by atoms with Gasteiger partial charge in [0.2, 0.25) is 0 Å². The maximum absolute atomic E-state index is 13.0. The minimum absolute atomic E-state index is 0.274. The first kappa shape index (κ1) is 13.6. The van der Waals surface area contributed by atoms with Crippen LogP contribution in [0.2, 0.25) is 0 Å². The SMILES string of the molecule is Cc1oc(CSc2cccc(F)c2)cc1C(=O)NN. The van der Waals surface area contributed by atoms with Crippen molar-refractivity contribution in [1.29, 1.82) is 0 Å². The summed E-state index contributed by atoms with van der Waals surface area (Å²) < 4.78 is 18.5. The minimum Gasteiger partial charge on any atom is -0.465 e. The first-order valence-corrected chi connectivity index (χ1v) is 6.57. The maximum Gasteiger partial charge on any atom is 0.268 e. The zero-order valence-corrected chi connectivity index (χ0v) is 11.1. The van der Waals surface area contributed by atoms with Gasteiger partial charge in [0, 0.05) is 4.90 Å². The summed E-state index contributed by atoms with van der Waals surface area (Å²) >= 11 is 1.43. The van der Waals surface area contributed by atoms with E-state index in [2.05, 4.69) is 5.43 Å². The molecule has 0 fully saturated rings. The second-order valence-corrected chi connectivity index (χ2v) is 4.95. The van der Waals surface area contributed by atoms with E-state index >= 15 is 0 Å². The largest absolute Gasteiger partial charge is 0.465 e. The summed E-state index contributed by atoms with van der Waals surface area (Å²) in [7, 11) is 0. The highest BCUT2D eigenvalue weighted by molar-refractivity contribution is 7.98. The van der Waals surface area contributed by atoms with E-state index in [1.807, 2.05) is 6.07 Å². The van der Waals surface area contributed by atoms with Crippen LogP contribution in [0.1, 0.15) is 21.9 Å². The van der Waals surface area contributed by atoms with Gasteiger partial charge in [-0.05, 0) is 31.2 Å². The number of hydrogen-bond donors (Lipinski definition) is 2. The summed E-state index contributed by atoms with van der Waals surface area (Å²) in [5.74, 6) is 6.09. The highest BCUT2D eigenvalue weighted by atomic mass is 32.2. The molecule has 0 unspecified atom stereocenters. The van der Waals surface area contributed by atoms with Gasteiger partial charge in [-0.2, -0.15) is 0 Å². The van der Waals surface area contributed by atoms with Crippen molar-refractivity contribution in [3.63, 3.8) is 0 Å². The Bertz CT molecular complexity index is 598. The summed E-state index contributed by atoms with van der Waals surface area (Å²) in [5, 5.41) is 0. The first-order valence-electron chi connectivity index (χ1n) is 5.59. The van der Waals surface area contributed by atoms with Crippen molar-refractivity contribution in [2.75, 3.05) is 0 Å². The third-order valence-electron chi connectivity index (χ3n) is 2.52. The zero-order chi connectivity index (χ0) is 13.8. The number of halogens is 1. The van der Waals surface area contributed by atoms with E-state index in [4.69, 9.17) is 10.3 Å². The second-order valence-electron chi connectivity index (χ2n) is 3.90. The first-order chi connectivity index (χ1) is 9.10. The van der Waals surface area contributed by atoms with E-state index in [-0.39, 0.29) is 11.7 Å². The van der Waals surface area contributed by atoms with Crippen molar-refractivity contribution in [3.05, 3.63) is 53.2 Å². The third-order valence-corrected chi connectivity index (χ3v) is 3.54. The minimum atomic E-state index is -0.386. The van der Waals surface area contributed by atoms with Crippen LogP contribution in [0.25, 0.3) is 0 Å². The molecule has 0 atom stereocenters. The smallest absolute Gasteiger partial charge is 0.268 e. The van der Waals surface area contributed by atoms with Crippen molar-refractivity contribution in [1.82, 2.24) is 5.43 Å². The molecule has 2 aromatic rings. The molecule has 19 heavy (non-hydrogen) atoms. The van der Waals surface area contributed by atoms with Crippen molar-refractivity contribution in [2.45, 2.75) is 17.6 Å². The molecule has 1 aromatic carbocycles. The standard InChI is InChI=1S/C13H13FN2O2S/c1-8-12(13(17)16-15)6-10(18-8)7-19-11-4-2-3-9(14)5-11/h2-6H,7,15H2,1H3,(H,16,17). The Morgan fingerprint density at radius 1 is 1.47 bits per heavy atom. The number of nitrogens with two attached hydrogens (primary N) is 1. The highest BCUT2D eigenvalue weighted by Gasteiger charge is 2.13. The lowest BCUT2D eigenvalue weighted by Crippen LogP contribution is -2.30. The van der Waals surface area contributed by atoms with Crippen molar-refractivity contribution in [3.8, 4) is 0 Å². The van der Waals surface area contributed by atoms with Gasteiger partial charge in [0.15, 0.2) is 0 Å². The molecule has 1 heterocycles. The summed E-state index contributed by atoms with van der Waals surface area (Å²) in [5.41, 5.74) is 2.48. The van der Waals surface area contributed by atoms with Gasteiger partial charge >= 0.3 is 0 Å². The lowest BCUT2D eigenvalue weighted by atomic mass is 10.2. The second kappa shape index (κ2) is 5.90. The van der Waals surface area contributed by atoms with Crippen LogP contribution in [-0.2, 0) is 5.75 Å². The Kier molecular flexibility index (Phi) is 4.24. The monoisotopic (exact) mass is 280 g/mol. The fourth-order valence-electron chi connectivity index (χ4n) is 1.63. The average molecular weight is 280 g/mol. The number of hydrogen-bond acceptors (Lipinski definition) is 4. The van der Waals surface area contributed by atoms with Crippen LogP contribution in [0.5, 0.6) is 0 Å². The van der Waals surface area contributed by atoms with Gasteiger partial charge in [0.05, 0.1) is 11.3 Å². The van der Waals surface area contributed by atoms with Crippen molar-refractivity contribution in [2.24, 2.45) is 5.84 Å². The topological polar surface area (TPSA) is 68.3 Å². The molecule has 0 aliphatic rings. The number of benzene rings is 1. The molecular formula is C13H13FN2O2S. The van der Waals surface area contributed by atoms with Crippen LogP contribution in [0.15, 0.2) is 39.6 Å². The Morgan fingerprint density at radius 3 is 2.95 bits per heavy atom. The Morgan fingerprint density at radius 2 is 2.26 bits per heavy atom. The predicted molar refractivity (Wildman–Crippen MR) is 71.1 cm³/mol. The molecule has 0 spiro atoms. The number of carbonyl (C=O) groups excluding carboxylic acids is 1. The number of rotatable bonds is 4. The van der Waals surface area contributed by atoms with Gasteiger partial charge in [0.1, 0.15) is 17.3 Å². The molecule has 0 saturated carbocycles. The third kappa shape index (κ3) is 3.36. The van der Waals surface area contributed by atoms with Crippen LogP contribution < -0.4 is 11.3 Å². The molecule has 0 aliphatic carbocycles. The highest BCUT2D eigenvalue weighted by Crippen LogP contribution is 2.25. The van der Waals surface area contributed by atoms with Gasteiger partial charge in [-0.25, -0.2) is 10.2 Å². The molecule has 0 saturated heterocycles. The fraction of sp³-hybridized carbons (Fsp3) is 0.154. The zero-order valence-electron chi connectivity index (χ0n) is 10.3. The summed E-state index contributed by atoms with van der Waals surface area (Å²) in [6.45, 7) is 1.70. The summed E-state index contributed by atoms with van der Waals surface area (Å²) in [6, 6.07) is 7.96. The van der Waals surface area contributed by atoms with Crippen LogP contribution in [0.4, 0.5) is 4.39 Å². The van der Waals surface area contributed by atoms with E-state index in [1.54, 1.807) is 19.1 Å². The number of amides is 1. The number of furan rings is 1. The number of nitrogen functional groups attached to an aromatic ring is 1. The van der Waals surface area contributed by atoms with Crippen LogP contribution in [0.3, 0.4) is 0 Å². The van der Waals surface area contributed by atoms with Crippen LogP contribution in [0, 0.1) is 12.7 Å². The molecule has 1 amide bonds. The van der Waals surface area contributed by atoms with E-state index in [9.17, 15) is 9.18 Å². The number of aryl methyl sites for hydroxylation is 1. The number of thioether (sulfide) groups is 1. The van der Waals surface area contributed by atoms with Crippen LogP contribution in [-0.4, -0.2) is 5.91 Å². The van der Waals surface area contributed by atoms with Crippen molar-refractivity contribution < 1.29 is 13.6 Å². The van der Waals surface area contributed by atoms with Gasteiger partial charge in [0.25, 0.3) is 5.91 Å². The van der Waals surface area contributed by atoms with Crippen LogP contribution >= 0.6 is 11.8 Å².